The molecule has 0 N–H and O–H groups in total. The van der Waals surface area contributed by atoms with Crippen molar-refractivity contribution in [1.29, 1.82) is 0 Å². The van der Waals surface area contributed by atoms with Gasteiger partial charge in [0.25, 0.3) is 0 Å². The summed E-state index contributed by atoms with van der Waals surface area (Å²) in [6.45, 7) is 2.19. The number of nitrogens with zero attached hydrogens (tertiary/aromatic N) is 1. The highest BCUT2D eigenvalue weighted by molar-refractivity contribution is 5.79. The molecule has 2 nitrogen and oxygen atoms in total. The van der Waals surface area contributed by atoms with Crippen molar-refractivity contribution in [3.8, 4) is 0 Å². The Labute approximate surface area is 80.3 Å². The van der Waals surface area contributed by atoms with E-state index in [2.05, 4.69) is 11.8 Å². The first-order valence-corrected chi connectivity index (χ1v) is 5.60. The van der Waals surface area contributed by atoms with Crippen LogP contribution in [0.1, 0.15) is 51.9 Å². The highest BCUT2D eigenvalue weighted by atomic mass is 16.2. The second-order valence-corrected chi connectivity index (χ2v) is 4.48. The standard InChI is InChI=1S/C11H19NO/c1-9-7-8-11(13)12(9)10-5-3-2-4-6-10/h9-10H,2-8H2,1H3. The third-order valence-corrected chi connectivity index (χ3v) is 3.51. The summed E-state index contributed by atoms with van der Waals surface area (Å²) >= 11 is 0. The summed E-state index contributed by atoms with van der Waals surface area (Å²) in [5.41, 5.74) is 0. The minimum atomic E-state index is 0.402. The molecular weight excluding hydrogens is 162 g/mol. The number of carbonyl (C=O) groups is 1. The van der Waals surface area contributed by atoms with Gasteiger partial charge in [-0.2, -0.15) is 0 Å². The number of rotatable bonds is 1. The molecule has 1 saturated carbocycles. The molecule has 0 aromatic heterocycles. The zero-order chi connectivity index (χ0) is 9.26. The van der Waals surface area contributed by atoms with E-state index in [4.69, 9.17) is 0 Å². The van der Waals surface area contributed by atoms with Crippen LogP contribution >= 0.6 is 0 Å². The van der Waals surface area contributed by atoms with Crippen molar-refractivity contribution in [1.82, 2.24) is 4.90 Å². The van der Waals surface area contributed by atoms with Crippen LogP contribution < -0.4 is 0 Å². The molecule has 1 saturated heterocycles. The Balaban J connectivity index is 2.00. The number of likely N-dealkylation sites (tertiary alicyclic amines) is 1. The average Bonchev–Trinajstić information content (AvgIpc) is 2.48. The van der Waals surface area contributed by atoms with Crippen LogP contribution in [0, 0.1) is 0 Å². The quantitative estimate of drug-likeness (QED) is 0.608. The lowest BCUT2D eigenvalue weighted by atomic mass is 9.94. The van der Waals surface area contributed by atoms with E-state index in [0.717, 1.165) is 12.8 Å². The zero-order valence-corrected chi connectivity index (χ0v) is 8.46. The first kappa shape index (κ1) is 9.04. The van der Waals surface area contributed by atoms with Crippen LogP contribution in [0.4, 0.5) is 0 Å². The molecule has 1 unspecified atom stereocenters. The molecule has 13 heavy (non-hydrogen) atoms. The van der Waals surface area contributed by atoms with Gasteiger partial charge in [0, 0.05) is 18.5 Å². The van der Waals surface area contributed by atoms with Crippen LogP contribution in [0.3, 0.4) is 0 Å². The van der Waals surface area contributed by atoms with E-state index in [1.807, 2.05) is 0 Å². The normalized spacial score (nSPS) is 31.3. The highest BCUT2D eigenvalue weighted by Crippen LogP contribution is 2.29. The highest BCUT2D eigenvalue weighted by Gasteiger charge is 2.33. The van der Waals surface area contributed by atoms with Crippen LogP contribution in [0.15, 0.2) is 0 Å². The van der Waals surface area contributed by atoms with E-state index in [9.17, 15) is 4.79 Å². The smallest absolute Gasteiger partial charge is 0.223 e. The van der Waals surface area contributed by atoms with Gasteiger partial charge in [0.05, 0.1) is 0 Å². The predicted octanol–water partition coefficient (Wildman–Crippen LogP) is 2.33. The van der Waals surface area contributed by atoms with Gasteiger partial charge in [-0.05, 0) is 26.2 Å². The summed E-state index contributed by atoms with van der Waals surface area (Å²) in [6.07, 6.45) is 8.37. The van der Waals surface area contributed by atoms with Gasteiger partial charge in [0.15, 0.2) is 0 Å². The van der Waals surface area contributed by atoms with E-state index in [-0.39, 0.29) is 0 Å². The zero-order valence-electron chi connectivity index (χ0n) is 8.46. The van der Waals surface area contributed by atoms with Gasteiger partial charge in [-0.3, -0.25) is 4.79 Å². The Kier molecular flexibility index (Phi) is 2.56. The summed E-state index contributed by atoms with van der Waals surface area (Å²) in [6, 6.07) is 1.09. The molecule has 1 amide bonds. The van der Waals surface area contributed by atoms with Crippen molar-refractivity contribution in [2.45, 2.75) is 64.0 Å². The minimum Gasteiger partial charge on any atom is -0.337 e. The van der Waals surface area contributed by atoms with Gasteiger partial charge in [-0.15, -0.1) is 0 Å². The van der Waals surface area contributed by atoms with Crippen LogP contribution in [-0.4, -0.2) is 22.9 Å². The maximum absolute atomic E-state index is 11.6. The summed E-state index contributed by atoms with van der Waals surface area (Å²) in [5.74, 6) is 0.402. The van der Waals surface area contributed by atoms with Crippen LogP contribution in [0.5, 0.6) is 0 Å². The Morgan fingerprint density at radius 1 is 1.15 bits per heavy atom. The molecule has 74 valence electrons. The first-order chi connectivity index (χ1) is 6.29. The van der Waals surface area contributed by atoms with Gasteiger partial charge in [-0.25, -0.2) is 0 Å². The molecule has 2 aliphatic rings. The third kappa shape index (κ3) is 1.72. The predicted molar refractivity (Wildman–Crippen MR) is 52.4 cm³/mol. The SMILES string of the molecule is CC1CCC(=O)N1C1CCCCC1. The Hall–Kier alpha value is -0.530. The second kappa shape index (κ2) is 3.69. The van der Waals surface area contributed by atoms with E-state index in [0.29, 0.717) is 18.0 Å². The molecule has 2 heteroatoms. The van der Waals surface area contributed by atoms with Gasteiger partial charge >= 0.3 is 0 Å². The van der Waals surface area contributed by atoms with Crippen molar-refractivity contribution in [2.75, 3.05) is 0 Å². The largest absolute Gasteiger partial charge is 0.337 e. The second-order valence-electron chi connectivity index (χ2n) is 4.48. The van der Waals surface area contributed by atoms with Gasteiger partial charge in [-0.1, -0.05) is 19.3 Å². The van der Waals surface area contributed by atoms with E-state index in [1.165, 1.54) is 32.1 Å². The molecule has 2 rings (SSSR count). The summed E-state index contributed by atoms with van der Waals surface area (Å²) in [5, 5.41) is 0. The molecule has 1 aliphatic heterocycles. The van der Waals surface area contributed by atoms with Crippen molar-refractivity contribution < 1.29 is 4.79 Å². The van der Waals surface area contributed by atoms with E-state index < -0.39 is 0 Å². The summed E-state index contributed by atoms with van der Waals surface area (Å²) in [7, 11) is 0. The van der Waals surface area contributed by atoms with Gasteiger partial charge in [0.1, 0.15) is 0 Å². The number of hydrogen-bond acceptors (Lipinski definition) is 1. The Bertz CT molecular complexity index is 196. The topological polar surface area (TPSA) is 20.3 Å². The Morgan fingerprint density at radius 3 is 2.38 bits per heavy atom. The minimum absolute atomic E-state index is 0.402. The number of hydrogen-bond donors (Lipinski definition) is 0. The number of carbonyl (C=O) groups excluding carboxylic acids is 1. The fourth-order valence-corrected chi connectivity index (χ4v) is 2.77. The molecule has 1 aliphatic carbocycles. The summed E-state index contributed by atoms with van der Waals surface area (Å²) in [4.78, 5) is 13.8. The Morgan fingerprint density at radius 2 is 1.85 bits per heavy atom. The maximum atomic E-state index is 11.6. The maximum Gasteiger partial charge on any atom is 0.223 e. The molecule has 2 fully saturated rings. The lowest BCUT2D eigenvalue weighted by Crippen LogP contribution is -2.41. The molecule has 0 spiro atoms. The molecule has 1 atom stereocenters. The molecule has 0 radical (unpaired) electrons. The van der Waals surface area contributed by atoms with Gasteiger partial charge < -0.3 is 4.90 Å². The van der Waals surface area contributed by atoms with Gasteiger partial charge in [0.2, 0.25) is 5.91 Å². The number of amides is 1. The lowest BCUT2D eigenvalue weighted by Gasteiger charge is -2.34. The monoisotopic (exact) mass is 181 g/mol. The average molecular weight is 181 g/mol. The summed E-state index contributed by atoms with van der Waals surface area (Å²) < 4.78 is 0. The molecule has 1 heterocycles. The third-order valence-electron chi connectivity index (χ3n) is 3.51. The van der Waals surface area contributed by atoms with E-state index >= 15 is 0 Å². The van der Waals surface area contributed by atoms with E-state index in [1.54, 1.807) is 0 Å². The first-order valence-electron chi connectivity index (χ1n) is 5.60. The van der Waals surface area contributed by atoms with Crippen molar-refractivity contribution in [3.63, 3.8) is 0 Å². The van der Waals surface area contributed by atoms with Crippen molar-refractivity contribution in [2.24, 2.45) is 0 Å². The van der Waals surface area contributed by atoms with Crippen LogP contribution in [0.2, 0.25) is 0 Å². The molecule has 0 aromatic rings. The molecular formula is C11H19NO. The van der Waals surface area contributed by atoms with Crippen LogP contribution in [0.25, 0.3) is 0 Å². The molecule has 0 bridgehead atoms. The van der Waals surface area contributed by atoms with Crippen LogP contribution in [-0.2, 0) is 4.79 Å². The lowest BCUT2D eigenvalue weighted by molar-refractivity contribution is -0.131. The van der Waals surface area contributed by atoms with Crippen molar-refractivity contribution in [3.05, 3.63) is 0 Å². The fraction of sp³-hybridized carbons (Fsp3) is 0.909. The van der Waals surface area contributed by atoms with Crippen molar-refractivity contribution >= 4 is 5.91 Å². The fourth-order valence-electron chi connectivity index (χ4n) is 2.77. The molecule has 0 aromatic carbocycles.